The molecule has 0 aliphatic rings. The molecule has 0 N–H and O–H groups in total. The van der Waals surface area contributed by atoms with Crippen LogP contribution in [0.4, 0.5) is 0 Å². The third-order valence-electron chi connectivity index (χ3n) is 11.6. The van der Waals surface area contributed by atoms with Gasteiger partial charge in [-0.1, -0.05) is 218 Å². The van der Waals surface area contributed by atoms with Gasteiger partial charge in [-0.3, -0.25) is 0 Å². The molecule has 0 spiro atoms. The molecule has 4 nitrogen and oxygen atoms in total. The summed E-state index contributed by atoms with van der Waals surface area (Å²) in [5, 5.41) is 11.3. The Morgan fingerprint density at radius 1 is 0.267 bits per heavy atom. The Kier molecular flexibility index (Phi) is 8.73. The molecule has 60 heavy (non-hydrogen) atoms. The highest BCUT2D eigenvalue weighted by atomic mass is 31.2. The Hall–Kier alpha value is -7.52. The number of benzene rings is 10. The third-order valence-corrected chi connectivity index (χ3v) is 14.7. The van der Waals surface area contributed by atoms with Crippen LogP contribution >= 0.6 is 7.14 Å². The largest absolute Gasteiger partial charge is 0.309 e. The molecule has 0 unspecified atom stereocenters. The van der Waals surface area contributed by atoms with E-state index in [1.807, 2.05) is 121 Å². The Bertz CT molecular complexity index is 3330. The van der Waals surface area contributed by atoms with Crippen LogP contribution in [0.1, 0.15) is 0 Å². The highest BCUT2D eigenvalue weighted by Gasteiger charge is 2.30. The van der Waals surface area contributed by atoms with Gasteiger partial charge in [0.1, 0.15) is 0 Å². The van der Waals surface area contributed by atoms with E-state index in [2.05, 4.69) is 97.1 Å². The van der Waals surface area contributed by atoms with Crippen LogP contribution in [0, 0.1) is 0 Å². The molecule has 5 heteroatoms. The lowest BCUT2D eigenvalue weighted by Crippen LogP contribution is -2.24. The van der Waals surface area contributed by atoms with Gasteiger partial charge < -0.3 is 4.57 Å². The summed E-state index contributed by atoms with van der Waals surface area (Å²) < 4.78 is 15.5. The van der Waals surface area contributed by atoms with E-state index in [1.165, 1.54) is 5.39 Å². The van der Waals surface area contributed by atoms with Crippen molar-refractivity contribution in [1.82, 2.24) is 15.0 Å². The lowest BCUT2D eigenvalue weighted by molar-refractivity contribution is 0.592. The lowest BCUT2D eigenvalue weighted by Gasteiger charge is -2.22. The van der Waals surface area contributed by atoms with Crippen molar-refractivity contribution in [3.8, 4) is 45.3 Å². The maximum atomic E-state index is 15.5. The van der Waals surface area contributed by atoms with Crippen LogP contribution in [0.3, 0.4) is 0 Å². The minimum absolute atomic E-state index is 0.609. The Balaban J connectivity index is 1.25. The van der Waals surface area contributed by atoms with Crippen LogP contribution in [0.2, 0.25) is 0 Å². The van der Waals surface area contributed by atoms with E-state index in [1.54, 1.807) is 0 Å². The van der Waals surface area contributed by atoms with E-state index in [9.17, 15) is 0 Å². The van der Waals surface area contributed by atoms with Crippen LogP contribution in [0.5, 0.6) is 0 Å². The average molecular weight is 786 g/mol. The van der Waals surface area contributed by atoms with Crippen LogP contribution in [0.15, 0.2) is 218 Å². The van der Waals surface area contributed by atoms with Crippen molar-refractivity contribution in [3.63, 3.8) is 0 Å². The highest BCUT2D eigenvalue weighted by Crippen LogP contribution is 2.50. The number of rotatable bonds is 7. The fourth-order valence-corrected chi connectivity index (χ4v) is 11.5. The topological polar surface area (TPSA) is 55.7 Å². The van der Waals surface area contributed by atoms with Gasteiger partial charge in [0.05, 0.1) is 0 Å². The van der Waals surface area contributed by atoms with Gasteiger partial charge in [0, 0.05) is 38.0 Å². The standard InChI is InChI=1S/C55H36N3OP/c59-60(40-23-9-3-10-24-40,41-25-11-4-12-26-41)42-35-33-37(34-36-42)49-47-31-17-18-32-48(47)52(51-46-30-16-14-28-44(46)43-27-13-15-29-45(43)50(49)51)55-57-53(38-19-5-1-6-20-38)56-54(58-55)39-21-7-2-8-22-39/h1-36H. The molecule has 0 radical (unpaired) electrons. The molecule has 0 aliphatic heterocycles. The van der Waals surface area contributed by atoms with Crippen molar-refractivity contribution in [2.75, 3.05) is 0 Å². The quantitative estimate of drug-likeness (QED) is 0.0917. The summed E-state index contributed by atoms with van der Waals surface area (Å²) in [5.74, 6) is 1.84. The second kappa shape index (κ2) is 14.7. The van der Waals surface area contributed by atoms with E-state index >= 15 is 4.57 Å². The molecule has 0 atom stereocenters. The van der Waals surface area contributed by atoms with Gasteiger partial charge in [-0.05, 0) is 48.8 Å². The number of hydrogen-bond acceptors (Lipinski definition) is 4. The van der Waals surface area contributed by atoms with Gasteiger partial charge >= 0.3 is 0 Å². The minimum Gasteiger partial charge on any atom is -0.309 e. The van der Waals surface area contributed by atoms with E-state index in [4.69, 9.17) is 15.0 Å². The molecule has 0 amide bonds. The SMILES string of the molecule is O=P(c1ccccc1)(c1ccccc1)c1ccc(-c2c3ccccc3c(-c3nc(-c4ccccc4)nc(-c4ccccc4)n3)c3c4ccccc4c4ccccc4c23)cc1. The molecule has 0 aliphatic carbocycles. The average Bonchev–Trinajstić information content (AvgIpc) is 3.34. The monoisotopic (exact) mass is 785 g/mol. The predicted molar refractivity (Wildman–Crippen MR) is 251 cm³/mol. The van der Waals surface area contributed by atoms with Crippen molar-refractivity contribution in [2.24, 2.45) is 0 Å². The van der Waals surface area contributed by atoms with Crippen molar-refractivity contribution in [1.29, 1.82) is 0 Å². The zero-order chi connectivity index (χ0) is 40.0. The first kappa shape index (κ1) is 35.6. The van der Waals surface area contributed by atoms with Crippen LogP contribution < -0.4 is 15.9 Å². The molecule has 0 saturated heterocycles. The number of fused-ring (bicyclic) bond motifs is 7. The smallest absolute Gasteiger partial charge is 0.171 e. The van der Waals surface area contributed by atoms with Gasteiger partial charge in [-0.15, -0.1) is 0 Å². The Labute approximate surface area is 347 Å². The number of hydrogen-bond donors (Lipinski definition) is 0. The predicted octanol–water partition coefficient (Wildman–Crippen LogP) is 12.8. The minimum atomic E-state index is -3.19. The van der Waals surface area contributed by atoms with Crippen molar-refractivity contribution >= 4 is 66.1 Å². The molecule has 0 saturated carbocycles. The molecule has 0 fully saturated rings. The van der Waals surface area contributed by atoms with Crippen LogP contribution in [0.25, 0.3) is 88.4 Å². The normalized spacial score (nSPS) is 11.7. The van der Waals surface area contributed by atoms with Crippen LogP contribution in [-0.2, 0) is 4.57 Å². The third kappa shape index (κ3) is 5.84. The van der Waals surface area contributed by atoms with Gasteiger partial charge in [0.2, 0.25) is 0 Å². The van der Waals surface area contributed by atoms with E-state index in [0.717, 1.165) is 81.4 Å². The first-order chi connectivity index (χ1) is 29.7. The number of aromatic nitrogens is 3. The maximum Gasteiger partial charge on any atom is 0.171 e. The van der Waals surface area contributed by atoms with Gasteiger partial charge in [0.15, 0.2) is 24.6 Å². The summed E-state index contributed by atoms with van der Waals surface area (Å²) in [6.07, 6.45) is 0. The molecule has 1 aromatic heterocycles. The maximum absolute atomic E-state index is 15.5. The first-order valence-corrected chi connectivity index (χ1v) is 21.8. The van der Waals surface area contributed by atoms with E-state index in [-0.39, 0.29) is 0 Å². The number of nitrogens with zero attached hydrogens (tertiary/aromatic N) is 3. The molecule has 1 heterocycles. The van der Waals surface area contributed by atoms with Gasteiger partial charge in [-0.25, -0.2) is 15.0 Å². The van der Waals surface area contributed by atoms with Crippen molar-refractivity contribution in [3.05, 3.63) is 218 Å². The fourth-order valence-electron chi connectivity index (χ4n) is 8.86. The zero-order valence-corrected chi connectivity index (χ0v) is 33.4. The molecular formula is C55H36N3OP. The van der Waals surface area contributed by atoms with Crippen molar-refractivity contribution < 1.29 is 4.57 Å². The Morgan fingerprint density at radius 2 is 0.600 bits per heavy atom. The lowest BCUT2D eigenvalue weighted by atomic mass is 9.83. The molecule has 282 valence electrons. The summed E-state index contributed by atoms with van der Waals surface area (Å²) in [7, 11) is -3.19. The van der Waals surface area contributed by atoms with E-state index < -0.39 is 7.14 Å². The van der Waals surface area contributed by atoms with E-state index in [0.29, 0.717) is 17.5 Å². The fraction of sp³-hybridized carbons (Fsp3) is 0. The second-order valence-electron chi connectivity index (χ2n) is 15.0. The summed E-state index contributed by atoms with van der Waals surface area (Å²) in [5.41, 5.74) is 4.93. The Morgan fingerprint density at radius 3 is 1.07 bits per heavy atom. The summed E-state index contributed by atoms with van der Waals surface area (Å²) in [4.78, 5) is 15.7. The molecule has 0 bridgehead atoms. The summed E-state index contributed by atoms with van der Waals surface area (Å²) in [6, 6.07) is 74.4. The molecule has 11 aromatic rings. The van der Waals surface area contributed by atoms with Gasteiger partial charge in [-0.2, -0.15) is 0 Å². The summed E-state index contributed by atoms with van der Waals surface area (Å²) >= 11 is 0. The first-order valence-electron chi connectivity index (χ1n) is 20.1. The second-order valence-corrected chi connectivity index (χ2v) is 17.8. The van der Waals surface area contributed by atoms with Crippen molar-refractivity contribution in [2.45, 2.75) is 0 Å². The molecular weight excluding hydrogens is 750 g/mol. The molecule has 11 rings (SSSR count). The highest BCUT2D eigenvalue weighted by molar-refractivity contribution is 7.85. The zero-order valence-electron chi connectivity index (χ0n) is 32.5. The molecule has 10 aromatic carbocycles. The van der Waals surface area contributed by atoms with Crippen LogP contribution in [-0.4, -0.2) is 15.0 Å². The van der Waals surface area contributed by atoms with Gasteiger partial charge in [0.25, 0.3) is 0 Å². The summed E-state index contributed by atoms with van der Waals surface area (Å²) in [6.45, 7) is 0.